The maximum absolute atomic E-state index is 10.6. The zero-order chi connectivity index (χ0) is 19.5. The lowest BCUT2D eigenvalue weighted by Gasteiger charge is -2.22. The Morgan fingerprint density at radius 2 is 1.43 bits per heavy atom. The van der Waals surface area contributed by atoms with E-state index in [1.807, 2.05) is 36.4 Å². The standard InChI is InChI=1S/C26H22O2/c1-26(2)22-13-18(17-9-7-16(15-27)8-10-17)11-12-21(22)25-20-6-4-3-5-19(20)24(28)14-23(25)26/h3-14,27-28H,15H2,1-2H3. The van der Waals surface area contributed by atoms with Crippen molar-refractivity contribution in [3.8, 4) is 28.0 Å². The van der Waals surface area contributed by atoms with Crippen molar-refractivity contribution in [1.29, 1.82) is 0 Å². The van der Waals surface area contributed by atoms with Crippen LogP contribution >= 0.6 is 0 Å². The third-order valence-electron chi connectivity index (χ3n) is 6.13. The molecule has 0 aromatic heterocycles. The molecule has 0 radical (unpaired) electrons. The highest BCUT2D eigenvalue weighted by molar-refractivity contribution is 6.05. The predicted octanol–water partition coefficient (Wildman–Crippen LogP) is 6.01. The van der Waals surface area contributed by atoms with Gasteiger partial charge < -0.3 is 10.2 Å². The summed E-state index contributed by atoms with van der Waals surface area (Å²) < 4.78 is 0. The van der Waals surface area contributed by atoms with Crippen LogP contribution in [0, 0.1) is 0 Å². The number of rotatable bonds is 2. The monoisotopic (exact) mass is 366 g/mol. The Morgan fingerprint density at radius 3 is 2.14 bits per heavy atom. The molecule has 2 nitrogen and oxygen atoms in total. The van der Waals surface area contributed by atoms with Gasteiger partial charge in [-0.25, -0.2) is 0 Å². The van der Waals surface area contributed by atoms with Crippen LogP contribution in [0.3, 0.4) is 0 Å². The number of aromatic hydroxyl groups is 1. The molecule has 0 saturated carbocycles. The summed E-state index contributed by atoms with van der Waals surface area (Å²) >= 11 is 0. The smallest absolute Gasteiger partial charge is 0.123 e. The second kappa shape index (κ2) is 5.95. The van der Waals surface area contributed by atoms with E-state index in [-0.39, 0.29) is 12.0 Å². The summed E-state index contributed by atoms with van der Waals surface area (Å²) in [7, 11) is 0. The Balaban J connectivity index is 1.74. The van der Waals surface area contributed by atoms with Crippen LogP contribution in [-0.2, 0) is 12.0 Å². The van der Waals surface area contributed by atoms with Gasteiger partial charge in [0.05, 0.1) is 6.61 Å². The lowest BCUT2D eigenvalue weighted by Crippen LogP contribution is -2.15. The lowest BCUT2D eigenvalue weighted by atomic mass is 9.81. The first kappa shape index (κ1) is 17.0. The highest BCUT2D eigenvalue weighted by Gasteiger charge is 2.37. The van der Waals surface area contributed by atoms with Gasteiger partial charge in [0.2, 0.25) is 0 Å². The summed E-state index contributed by atoms with van der Waals surface area (Å²) in [5.74, 6) is 0.343. The maximum atomic E-state index is 10.6. The van der Waals surface area contributed by atoms with Gasteiger partial charge in [0, 0.05) is 10.8 Å². The van der Waals surface area contributed by atoms with E-state index in [0.717, 1.165) is 27.5 Å². The van der Waals surface area contributed by atoms with E-state index in [1.165, 1.54) is 22.3 Å². The van der Waals surface area contributed by atoms with Crippen molar-refractivity contribution in [1.82, 2.24) is 0 Å². The van der Waals surface area contributed by atoms with E-state index < -0.39 is 0 Å². The normalized spacial score (nSPS) is 14.1. The largest absolute Gasteiger partial charge is 0.507 e. The molecule has 0 atom stereocenters. The average Bonchev–Trinajstić information content (AvgIpc) is 2.95. The number of benzene rings is 4. The number of aliphatic hydroxyl groups excluding tert-OH is 1. The van der Waals surface area contributed by atoms with Crippen LogP contribution in [-0.4, -0.2) is 10.2 Å². The third-order valence-corrected chi connectivity index (χ3v) is 6.13. The van der Waals surface area contributed by atoms with Crippen molar-refractivity contribution in [2.75, 3.05) is 0 Å². The summed E-state index contributed by atoms with van der Waals surface area (Å²) in [6, 6.07) is 24.7. The number of hydrogen-bond donors (Lipinski definition) is 2. The number of phenolic OH excluding ortho intramolecular Hbond substituents is 1. The number of aliphatic hydroxyl groups is 1. The molecule has 0 amide bonds. The lowest BCUT2D eigenvalue weighted by molar-refractivity contribution is 0.282. The molecule has 0 unspecified atom stereocenters. The van der Waals surface area contributed by atoms with Gasteiger partial charge in [-0.3, -0.25) is 0 Å². The summed E-state index contributed by atoms with van der Waals surface area (Å²) in [6.07, 6.45) is 0. The molecule has 4 aromatic carbocycles. The second-order valence-corrected chi connectivity index (χ2v) is 8.10. The molecule has 1 aliphatic rings. The predicted molar refractivity (Wildman–Crippen MR) is 115 cm³/mol. The summed E-state index contributed by atoms with van der Waals surface area (Å²) in [4.78, 5) is 0. The molecule has 5 rings (SSSR count). The molecule has 0 spiro atoms. The van der Waals surface area contributed by atoms with Crippen LogP contribution < -0.4 is 0 Å². The molecule has 4 aromatic rings. The Hall–Kier alpha value is -3.10. The van der Waals surface area contributed by atoms with Crippen molar-refractivity contribution in [2.24, 2.45) is 0 Å². The SMILES string of the molecule is CC1(C)c2cc(-c3ccc(CO)cc3)ccc2-c2c1cc(O)c1ccccc21. The first-order valence-corrected chi connectivity index (χ1v) is 9.61. The van der Waals surface area contributed by atoms with Gasteiger partial charge >= 0.3 is 0 Å². The summed E-state index contributed by atoms with van der Waals surface area (Å²) in [6.45, 7) is 4.51. The van der Waals surface area contributed by atoms with E-state index in [2.05, 4.69) is 50.2 Å². The second-order valence-electron chi connectivity index (χ2n) is 8.10. The fraction of sp³-hybridized carbons (Fsp3) is 0.154. The third kappa shape index (κ3) is 2.31. The summed E-state index contributed by atoms with van der Waals surface area (Å²) in [5.41, 5.74) is 7.96. The van der Waals surface area contributed by atoms with E-state index >= 15 is 0 Å². The van der Waals surface area contributed by atoms with Crippen molar-refractivity contribution in [3.63, 3.8) is 0 Å². The summed E-state index contributed by atoms with van der Waals surface area (Å²) in [5, 5.41) is 21.9. The Kier molecular flexibility index (Phi) is 3.62. The van der Waals surface area contributed by atoms with Gasteiger partial charge in [-0.1, -0.05) is 74.5 Å². The fourth-order valence-electron chi connectivity index (χ4n) is 4.55. The van der Waals surface area contributed by atoms with Crippen LogP contribution in [0.4, 0.5) is 0 Å². The minimum Gasteiger partial charge on any atom is -0.507 e. The maximum Gasteiger partial charge on any atom is 0.123 e. The number of phenols is 1. The minimum absolute atomic E-state index is 0.0589. The Labute approximate surface area is 164 Å². The number of fused-ring (bicyclic) bond motifs is 5. The zero-order valence-corrected chi connectivity index (χ0v) is 16.0. The van der Waals surface area contributed by atoms with Gasteiger partial charge in [-0.2, -0.15) is 0 Å². The van der Waals surface area contributed by atoms with Crippen LogP contribution in [0.5, 0.6) is 5.75 Å². The highest BCUT2D eigenvalue weighted by atomic mass is 16.3. The quantitative estimate of drug-likeness (QED) is 0.456. The van der Waals surface area contributed by atoms with E-state index in [1.54, 1.807) is 0 Å². The van der Waals surface area contributed by atoms with E-state index in [4.69, 9.17) is 0 Å². The molecule has 0 bridgehead atoms. The van der Waals surface area contributed by atoms with Gasteiger partial charge in [-0.05, 0) is 56.5 Å². The van der Waals surface area contributed by atoms with Crippen molar-refractivity contribution >= 4 is 10.8 Å². The minimum atomic E-state index is -0.187. The fourth-order valence-corrected chi connectivity index (χ4v) is 4.55. The van der Waals surface area contributed by atoms with Crippen molar-refractivity contribution in [3.05, 3.63) is 89.5 Å². The van der Waals surface area contributed by atoms with Gasteiger partial charge in [-0.15, -0.1) is 0 Å². The molecule has 1 aliphatic carbocycles. The van der Waals surface area contributed by atoms with Gasteiger partial charge in [0.1, 0.15) is 5.75 Å². The topological polar surface area (TPSA) is 40.5 Å². The molecule has 0 fully saturated rings. The Morgan fingerprint density at radius 1 is 0.750 bits per heavy atom. The van der Waals surface area contributed by atoms with Crippen LogP contribution in [0.15, 0.2) is 72.8 Å². The zero-order valence-electron chi connectivity index (χ0n) is 16.0. The molecule has 138 valence electrons. The highest BCUT2D eigenvalue weighted by Crippen LogP contribution is 2.53. The first-order valence-electron chi connectivity index (χ1n) is 9.61. The van der Waals surface area contributed by atoms with Crippen LogP contribution in [0.2, 0.25) is 0 Å². The Bertz CT molecular complexity index is 1220. The van der Waals surface area contributed by atoms with Crippen LogP contribution in [0.1, 0.15) is 30.5 Å². The molecule has 2 N–H and O–H groups in total. The molecule has 2 heteroatoms. The van der Waals surface area contributed by atoms with E-state index in [9.17, 15) is 10.2 Å². The molecule has 0 aliphatic heterocycles. The average molecular weight is 366 g/mol. The van der Waals surface area contributed by atoms with Crippen LogP contribution in [0.25, 0.3) is 33.0 Å². The molecular weight excluding hydrogens is 344 g/mol. The molecule has 0 heterocycles. The first-order chi connectivity index (χ1) is 13.5. The molecule has 0 saturated heterocycles. The van der Waals surface area contributed by atoms with Gasteiger partial charge in [0.25, 0.3) is 0 Å². The molecular formula is C26H22O2. The van der Waals surface area contributed by atoms with E-state index in [0.29, 0.717) is 5.75 Å². The van der Waals surface area contributed by atoms with Gasteiger partial charge in [0.15, 0.2) is 0 Å². The van der Waals surface area contributed by atoms with Crippen molar-refractivity contribution < 1.29 is 10.2 Å². The van der Waals surface area contributed by atoms with Crippen molar-refractivity contribution in [2.45, 2.75) is 25.9 Å². The molecule has 28 heavy (non-hydrogen) atoms. The number of hydrogen-bond acceptors (Lipinski definition) is 2.